The second-order valence-electron chi connectivity index (χ2n) is 8.90. The molecule has 6 rings (SSSR count). The van der Waals surface area contributed by atoms with Crippen LogP contribution in [-0.2, 0) is 6.42 Å². The summed E-state index contributed by atoms with van der Waals surface area (Å²) in [5, 5.41) is 39.8. The highest BCUT2D eigenvalue weighted by atomic mass is 16.5. The molecule has 0 saturated heterocycles. The van der Waals surface area contributed by atoms with E-state index in [9.17, 15) is 10.2 Å². The molecule has 2 N–H and O–H groups in total. The molecule has 0 saturated carbocycles. The van der Waals surface area contributed by atoms with Crippen LogP contribution in [0.4, 0.5) is 0 Å². The molecule has 0 unspecified atom stereocenters. The van der Waals surface area contributed by atoms with Crippen molar-refractivity contribution >= 4 is 22.1 Å². The molecule has 196 valence electrons. The third-order valence-corrected chi connectivity index (χ3v) is 6.30. The first-order valence-electron chi connectivity index (χ1n) is 12.7. The van der Waals surface area contributed by atoms with Crippen molar-refractivity contribution in [2.45, 2.75) is 20.3 Å². The third-order valence-electron chi connectivity index (χ3n) is 6.30. The number of aromatic nitrogens is 6. The Hall–Kier alpha value is -5.12. The van der Waals surface area contributed by atoms with E-state index in [-0.39, 0.29) is 11.5 Å². The van der Waals surface area contributed by atoms with Gasteiger partial charge in [-0.1, -0.05) is 24.3 Å². The molecule has 0 bridgehead atoms. The smallest absolute Gasteiger partial charge is 0.146 e. The van der Waals surface area contributed by atoms with Gasteiger partial charge in [0, 0.05) is 29.7 Å². The van der Waals surface area contributed by atoms with Gasteiger partial charge >= 0.3 is 0 Å². The Labute approximate surface area is 223 Å². The molecule has 0 aliphatic carbocycles. The molecule has 39 heavy (non-hydrogen) atoms. The molecular formula is C29H26N6O4. The second kappa shape index (κ2) is 9.97. The molecule has 0 radical (unpaired) electrons. The van der Waals surface area contributed by atoms with Gasteiger partial charge in [0.05, 0.1) is 13.2 Å². The molecule has 10 nitrogen and oxygen atoms in total. The van der Waals surface area contributed by atoms with E-state index in [4.69, 9.17) is 9.47 Å². The van der Waals surface area contributed by atoms with Crippen LogP contribution >= 0.6 is 0 Å². The summed E-state index contributed by atoms with van der Waals surface area (Å²) in [6.07, 6.45) is 0.368. The average molecular weight is 523 g/mol. The predicted molar refractivity (Wildman–Crippen MR) is 146 cm³/mol. The third kappa shape index (κ3) is 4.56. The van der Waals surface area contributed by atoms with Crippen molar-refractivity contribution < 1.29 is 19.7 Å². The maximum Gasteiger partial charge on any atom is 0.146 e. The van der Waals surface area contributed by atoms with Crippen LogP contribution in [0.2, 0.25) is 0 Å². The Balaban J connectivity index is 1.46. The SMILES string of the molecule is CCOc1cc(O)c(-n2nc3ccccc3n2)cc1Cc1cc(-n2nc3ccccc3n2)c(O)cc1OCC. The van der Waals surface area contributed by atoms with Crippen molar-refractivity contribution in [1.82, 2.24) is 30.0 Å². The van der Waals surface area contributed by atoms with Crippen LogP contribution in [0.1, 0.15) is 25.0 Å². The molecule has 0 amide bonds. The summed E-state index contributed by atoms with van der Waals surface area (Å²) in [7, 11) is 0. The molecule has 2 aromatic heterocycles. The minimum absolute atomic E-state index is 0.00800. The summed E-state index contributed by atoms with van der Waals surface area (Å²) in [4.78, 5) is 2.84. The van der Waals surface area contributed by atoms with E-state index in [0.717, 1.165) is 11.1 Å². The van der Waals surface area contributed by atoms with E-state index in [1.807, 2.05) is 74.5 Å². The van der Waals surface area contributed by atoms with Crippen molar-refractivity contribution in [3.8, 4) is 34.4 Å². The average Bonchev–Trinajstić information content (AvgIpc) is 3.56. The van der Waals surface area contributed by atoms with Crippen LogP contribution in [0.15, 0.2) is 72.8 Å². The lowest BCUT2D eigenvalue weighted by atomic mass is 10.0. The number of phenols is 2. The van der Waals surface area contributed by atoms with Gasteiger partial charge in [-0.25, -0.2) is 0 Å². The Morgan fingerprint density at radius 3 is 1.28 bits per heavy atom. The molecule has 0 aliphatic heterocycles. The summed E-state index contributed by atoms with van der Waals surface area (Å²) in [5.41, 5.74) is 5.26. The molecule has 6 aromatic rings. The number of hydrogen-bond acceptors (Lipinski definition) is 8. The van der Waals surface area contributed by atoms with Crippen molar-refractivity contribution in [2.24, 2.45) is 0 Å². The van der Waals surface area contributed by atoms with Crippen molar-refractivity contribution in [2.75, 3.05) is 13.2 Å². The number of benzene rings is 4. The Bertz CT molecular complexity index is 1610. The number of phenolic OH excluding ortho intramolecular Hbond substituents is 2. The number of fused-ring (bicyclic) bond motifs is 2. The Morgan fingerprint density at radius 2 is 0.949 bits per heavy atom. The Kier molecular flexibility index (Phi) is 6.20. The van der Waals surface area contributed by atoms with E-state index in [1.165, 1.54) is 9.59 Å². The summed E-state index contributed by atoms with van der Waals surface area (Å²) < 4.78 is 11.8. The van der Waals surface area contributed by atoms with Gasteiger partial charge in [0.15, 0.2) is 0 Å². The van der Waals surface area contributed by atoms with Gasteiger partial charge < -0.3 is 19.7 Å². The first kappa shape index (κ1) is 24.2. The first-order chi connectivity index (χ1) is 19.0. The quantitative estimate of drug-likeness (QED) is 0.288. The topological polar surface area (TPSA) is 120 Å². The zero-order valence-corrected chi connectivity index (χ0v) is 21.4. The lowest BCUT2D eigenvalue weighted by molar-refractivity contribution is 0.330. The van der Waals surface area contributed by atoms with E-state index in [0.29, 0.717) is 64.6 Å². The number of aromatic hydroxyl groups is 2. The maximum absolute atomic E-state index is 10.9. The molecule has 10 heteroatoms. The Morgan fingerprint density at radius 1 is 0.590 bits per heavy atom. The van der Waals surface area contributed by atoms with Gasteiger partial charge in [0.1, 0.15) is 56.4 Å². The second-order valence-corrected chi connectivity index (χ2v) is 8.90. The van der Waals surface area contributed by atoms with E-state index < -0.39 is 0 Å². The van der Waals surface area contributed by atoms with Gasteiger partial charge in [-0.3, -0.25) is 0 Å². The predicted octanol–water partition coefficient (Wildman–Crippen LogP) is 4.95. The highest BCUT2D eigenvalue weighted by Crippen LogP contribution is 2.37. The van der Waals surface area contributed by atoms with Crippen LogP contribution in [0.5, 0.6) is 23.0 Å². The summed E-state index contributed by atoms with van der Waals surface area (Å²) in [6.45, 7) is 4.60. The van der Waals surface area contributed by atoms with E-state index >= 15 is 0 Å². The molecular weight excluding hydrogens is 496 g/mol. The maximum atomic E-state index is 10.9. The normalized spacial score (nSPS) is 11.3. The molecule has 0 spiro atoms. The monoisotopic (exact) mass is 522 g/mol. The lowest BCUT2D eigenvalue weighted by Gasteiger charge is -2.17. The zero-order valence-electron chi connectivity index (χ0n) is 21.4. The van der Waals surface area contributed by atoms with Crippen LogP contribution < -0.4 is 9.47 Å². The molecule has 0 fully saturated rings. The molecule has 0 atom stereocenters. The molecule has 4 aromatic carbocycles. The van der Waals surface area contributed by atoms with E-state index in [1.54, 1.807) is 12.1 Å². The van der Waals surface area contributed by atoms with Gasteiger partial charge in [-0.15, -0.1) is 30.0 Å². The van der Waals surface area contributed by atoms with Gasteiger partial charge in [-0.05, 0) is 50.2 Å². The highest BCUT2D eigenvalue weighted by Gasteiger charge is 2.19. The fourth-order valence-electron chi connectivity index (χ4n) is 4.52. The number of hydrogen-bond donors (Lipinski definition) is 2. The highest BCUT2D eigenvalue weighted by molar-refractivity contribution is 5.74. The van der Waals surface area contributed by atoms with E-state index in [2.05, 4.69) is 20.4 Å². The fourth-order valence-corrected chi connectivity index (χ4v) is 4.52. The molecule has 0 aliphatic rings. The minimum Gasteiger partial charge on any atom is -0.505 e. The fraction of sp³-hybridized carbons (Fsp3) is 0.172. The van der Waals surface area contributed by atoms with Crippen molar-refractivity contribution in [1.29, 1.82) is 0 Å². The number of rotatable bonds is 8. The minimum atomic E-state index is -0.00800. The molecule has 2 heterocycles. The van der Waals surface area contributed by atoms with Gasteiger partial charge in [0.25, 0.3) is 0 Å². The zero-order chi connectivity index (χ0) is 26.9. The largest absolute Gasteiger partial charge is 0.505 e. The van der Waals surface area contributed by atoms with Gasteiger partial charge in [-0.2, -0.15) is 0 Å². The van der Waals surface area contributed by atoms with Crippen LogP contribution in [0.25, 0.3) is 33.4 Å². The lowest BCUT2D eigenvalue weighted by Crippen LogP contribution is -2.06. The van der Waals surface area contributed by atoms with Crippen molar-refractivity contribution in [3.63, 3.8) is 0 Å². The summed E-state index contributed by atoms with van der Waals surface area (Å²) in [6, 6.07) is 21.8. The van der Waals surface area contributed by atoms with Crippen molar-refractivity contribution in [3.05, 3.63) is 83.9 Å². The number of nitrogens with zero attached hydrogens (tertiary/aromatic N) is 6. The van der Waals surface area contributed by atoms with Gasteiger partial charge in [0.2, 0.25) is 0 Å². The van der Waals surface area contributed by atoms with Crippen LogP contribution in [0.3, 0.4) is 0 Å². The first-order valence-corrected chi connectivity index (χ1v) is 12.7. The summed E-state index contributed by atoms with van der Waals surface area (Å²) in [5.74, 6) is 1.03. The van der Waals surface area contributed by atoms with Crippen LogP contribution in [0, 0.1) is 0 Å². The standard InChI is InChI=1S/C29H26N6O4/c1-3-38-28-16-26(36)24(34-30-20-9-5-6-10-21(20)31-34)14-18(28)13-19-15-25(27(37)17-29(19)39-4-2)35-32-22-11-7-8-12-23(22)33-35/h5-12,14-17,36-37H,3-4,13H2,1-2H3. The number of ether oxygens (including phenoxy) is 2. The van der Waals surface area contributed by atoms with Crippen LogP contribution in [-0.4, -0.2) is 53.4 Å². The summed E-state index contributed by atoms with van der Waals surface area (Å²) >= 11 is 0.